The fraction of sp³-hybridized carbons (Fsp3) is 0.370. The summed E-state index contributed by atoms with van der Waals surface area (Å²) in [6.07, 6.45) is 4.58. The second kappa shape index (κ2) is 10.4. The van der Waals surface area contributed by atoms with Crippen LogP contribution in [0.25, 0.3) is 26.4 Å². The maximum Gasteiger partial charge on any atom is 0.251 e. The van der Waals surface area contributed by atoms with E-state index in [0.29, 0.717) is 41.0 Å². The molecule has 0 spiro atoms. The fourth-order valence-corrected chi connectivity index (χ4v) is 5.75. The number of imidazole rings is 1. The van der Waals surface area contributed by atoms with Gasteiger partial charge in [-0.15, -0.1) is 0 Å². The Balaban J connectivity index is 1.25. The minimum atomic E-state index is -0.660. The van der Waals surface area contributed by atoms with Crippen LogP contribution in [-0.4, -0.2) is 58.8 Å². The number of hydrogen-bond donors (Lipinski definition) is 1. The normalized spacial score (nSPS) is 15.1. The first kappa shape index (κ1) is 24.5. The molecule has 2 aromatic heterocycles. The van der Waals surface area contributed by atoms with Crippen molar-refractivity contribution in [2.45, 2.75) is 38.3 Å². The van der Waals surface area contributed by atoms with Crippen LogP contribution in [0.4, 0.5) is 8.78 Å². The van der Waals surface area contributed by atoms with Gasteiger partial charge in [-0.1, -0.05) is 11.3 Å². The van der Waals surface area contributed by atoms with Gasteiger partial charge < -0.3 is 10.2 Å². The lowest BCUT2D eigenvalue weighted by Gasteiger charge is -2.28. The lowest BCUT2D eigenvalue weighted by molar-refractivity contribution is 0.0959. The topological polar surface area (TPSA) is 66.7 Å². The number of amides is 1. The molecule has 0 aliphatic carbocycles. The average Bonchev–Trinajstić information content (AvgIpc) is 3.44. The third-order valence-electron chi connectivity index (χ3n) is 6.80. The first-order chi connectivity index (χ1) is 17.4. The number of alkyl halides is 1. The highest BCUT2D eigenvalue weighted by atomic mass is 32.1. The molecule has 36 heavy (non-hydrogen) atoms. The third-order valence-corrected chi connectivity index (χ3v) is 7.81. The molecule has 0 unspecified atom stereocenters. The summed E-state index contributed by atoms with van der Waals surface area (Å²) in [5.74, 6) is -0.740. The first-order valence-corrected chi connectivity index (χ1v) is 13.1. The van der Waals surface area contributed by atoms with E-state index in [1.54, 1.807) is 18.3 Å². The van der Waals surface area contributed by atoms with Crippen LogP contribution in [0.3, 0.4) is 0 Å². The minimum Gasteiger partial charge on any atom is -0.355 e. The van der Waals surface area contributed by atoms with Gasteiger partial charge in [0.2, 0.25) is 0 Å². The van der Waals surface area contributed by atoms with Crippen LogP contribution in [0.1, 0.15) is 52.8 Å². The van der Waals surface area contributed by atoms with Gasteiger partial charge in [-0.2, -0.15) is 0 Å². The van der Waals surface area contributed by atoms with Gasteiger partial charge in [-0.3, -0.25) is 14.0 Å². The third kappa shape index (κ3) is 5.03. The van der Waals surface area contributed by atoms with Gasteiger partial charge in [-0.25, -0.2) is 13.8 Å². The van der Waals surface area contributed by atoms with E-state index in [2.05, 4.69) is 15.2 Å². The number of nitrogens with one attached hydrogen (secondary N) is 1. The molecular formula is C27H28F2N4O2S. The van der Waals surface area contributed by atoms with E-state index in [0.717, 1.165) is 42.7 Å². The number of thiazole rings is 1. The molecule has 1 amide bonds. The summed E-state index contributed by atoms with van der Waals surface area (Å²) in [7, 11) is 1.50. The van der Waals surface area contributed by atoms with E-state index in [4.69, 9.17) is 0 Å². The van der Waals surface area contributed by atoms with Crippen LogP contribution >= 0.6 is 11.3 Å². The van der Waals surface area contributed by atoms with Crippen LogP contribution in [0.2, 0.25) is 0 Å². The van der Waals surface area contributed by atoms with Crippen LogP contribution in [0, 0.1) is 5.82 Å². The van der Waals surface area contributed by atoms with Crippen molar-refractivity contribution >= 4 is 38.2 Å². The summed E-state index contributed by atoms with van der Waals surface area (Å²) < 4.78 is 30.8. The van der Waals surface area contributed by atoms with Crippen molar-refractivity contribution in [1.29, 1.82) is 0 Å². The number of carbonyl (C=O) groups excluding carboxylic acids is 2. The highest BCUT2D eigenvalue weighted by Crippen LogP contribution is 2.31. The molecular weight excluding hydrogens is 482 g/mol. The zero-order chi connectivity index (χ0) is 25.2. The molecule has 6 nitrogen and oxygen atoms in total. The van der Waals surface area contributed by atoms with Gasteiger partial charge in [0.25, 0.3) is 5.91 Å². The zero-order valence-electron chi connectivity index (χ0n) is 20.1. The van der Waals surface area contributed by atoms with Crippen molar-refractivity contribution in [3.8, 4) is 11.3 Å². The molecule has 9 heteroatoms. The Kier molecular flexibility index (Phi) is 7.11. The summed E-state index contributed by atoms with van der Waals surface area (Å²) in [6.45, 7) is 2.53. The number of piperidine rings is 1. The number of hydrogen-bond acceptors (Lipinski definition) is 5. The number of unbranched alkanes of at least 4 members (excludes halogenated alkanes) is 1. The van der Waals surface area contributed by atoms with E-state index >= 15 is 0 Å². The summed E-state index contributed by atoms with van der Waals surface area (Å²) in [5, 5.41) is 2.49. The maximum absolute atomic E-state index is 14.7. The van der Waals surface area contributed by atoms with Gasteiger partial charge in [0.15, 0.2) is 10.7 Å². The Morgan fingerprint density at radius 1 is 1.11 bits per heavy atom. The van der Waals surface area contributed by atoms with Crippen LogP contribution in [0.15, 0.2) is 42.6 Å². The quantitative estimate of drug-likeness (QED) is 0.251. The predicted octanol–water partition coefficient (Wildman–Crippen LogP) is 5.50. The van der Waals surface area contributed by atoms with Gasteiger partial charge >= 0.3 is 0 Å². The van der Waals surface area contributed by atoms with Crippen LogP contribution < -0.4 is 5.32 Å². The van der Waals surface area contributed by atoms with Gasteiger partial charge in [0.05, 0.1) is 15.9 Å². The Labute approximate surface area is 211 Å². The molecule has 1 aliphatic rings. The molecule has 0 bridgehead atoms. The molecule has 4 aromatic rings. The summed E-state index contributed by atoms with van der Waals surface area (Å²) >= 11 is 1.45. The highest BCUT2D eigenvalue weighted by molar-refractivity contribution is 7.23. The van der Waals surface area contributed by atoms with E-state index in [1.165, 1.54) is 24.5 Å². The molecule has 0 atom stereocenters. The lowest BCUT2D eigenvalue weighted by Crippen LogP contribution is -2.35. The summed E-state index contributed by atoms with van der Waals surface area (Å²) in [4.78, 5) is 32.1. The highest BCUT2D eigenvalue weighted by Gasteiger charge is 2.18. The number of fused-ring (bicyclic) bond motifs is 3. The number of aromatic nitrogens is 2. The number of Topliss-reactive ketones (excluding diaryl/α,β-unsaturated/α-hetero) is 1. The lowest BCUT2D eigenvalue weighted by atomic mass is 10.0. The molecule has 2 aromatic carbocycles. The van der Waals surface area contributed by atoms with Gasteiger partial charge in [0.1, 0.15) is 12.0 Å². The Morgan fingerprint density at radius 3 is 2.64 bits per heavy atom. The largest absolute Gasteiger partial charge is 0.355 e. The predicted molar refractivity (Wildman–Crippen MR) is 138 cm³/mol. The Morgan fingerprint density at radius 2 is 1.89 bits per heavy atom. The summed E-state index contributed by atoms with van der Waals surface area (Å²) in [5.41, 5.74) is 2.65. The number of rotatable bonds is 8. The zero-order valence-corrected chi connectivity index (χ0v) is 20.9. The standard InChI is InChI=1S/C27H28F2N4O2S/c1-30-26(35)18-5-7-20(21(29)14-18)22-16-33-23-8-6-17(15-25(23)36-27(33)31-22)24(34)4-2-3-11-32-12-9-19(28)10-13-32/h5-8,14-16,19H,2-4,9-13H2,1H3,(H,30,35). The molecule has 1 fully saturated rings. The second-order valence-corrected chi connectivity index (χ2v) is 10.2. The van der Waals surface area contributed by atoms with Crippen molar-refractivity contribution in [3.63, 3.8) is 0 Å². The van der Waals surface area contributed by atoms with E-state index in [9.17, 15) is 18.4 Å². The molecule has 3 heterocycles. The molecule has 188 valence electrons. The Bertz CT molecular complexity index is 1420. The Hall–Kier alpha value is -3.17. The summed E-state index contributed by atoms with van der Waals surface area (Å²) in [6, 6.07) is 10.00. The smallest absolute Gasteiger partial charge is 0.251 e. The van der Waals surface area contributed by atoms with Crippen molar-refractivity contribution < 1.29 is 18.4 Å². The number of likely N-dealkylation sites (tertiary alicyclic amines) is 1. The van der Waals surface area contributed by atoms with Gasteiger partial charge in [-0.05, 0) is 68.6 Å². The number of halogens is 2. The monoisotopic (exact) mass is 510 g/mol. The van der Waals surface area contributed by atoms with Crippen molar-refractivity contribution in [2.24, 2.45) is 0 Å². The molecule has 1 saturated heterocycles. The van der Waals surface area contributed by atoms with Crippen molar-refractivity contribution in [1.82, 2.24) is 19.6 Å². The molecule has 5 rings (SSSR count). The minimum absolute atomic E-state index is 0.115. The van der Waals surface area contributed by atoms with Crippen LogP contribution in [-0.2, 0) is 0 Å². The number of ketones is 1. The molecule has 1 aliphatic heterocycles. The van der Waals surface area contributed by atoms with Crippen LogP contribution in [0.5, 0.6) is 0 Å². The molecule has 0 radical (unpaired) electrons. The van der Waals surface area contributed by atoms with Gasteiger partial charge in [0, 0.05) is 49.4 Å². The number of carbonyl (C=O) groups is 2. The van der Waals surface area contributed by atoms with Crippen molar-refractivity contribution in [2.75, 3.05) is 26.7 Å². The second-order valence-electron chi connectivity index (χ2n) is 9.23. The average molecular weight is 511 g/mol. The SMILES string of the molecule is CNC(=O)c1ccc(-c2cn3c(n2)sc2cc(C(=O)CCCCN4CCC(F)CC4)ccc23)c(F)c1. The fourth-order valence-electron chi connectivity index (χ4n) is 4.70. The number of benzene rings is 2. The molecule has 1 N–H and O–H groups in total. The first-order valence-electron chi connectivity index (χ1n) is 12.3. The van der Waals surface area contributed by atoms with E-state index in [1.807, 2.05) is 22.6 Å². The van der Waals surface area contributed by atoms with E-state index < -0.39 is 12.0 Å². The van der Waals surface area contributed by atoms with E-state index in [-0.39, 0.29) is 17.3 Å². The molecule has 0 saturated carbocycles. The maximum atomic E-state index is 14.7. The van der Waals surface area contributed by atoms with Crippen molar-refractivity contribution in [3.05, 3.63) is 59.5 Å². The number of nitrogens with zero attached hydrogens (tertiary/aromatic N) is 3.